The summed E-state index contributed by atoms with van der Waals surface area (Å²) in [7, 11) is 0. The lowest BCUT2D eigenvalue weighted by molar-refractivity contribution is 0.158. The topological polar surface area (TPSA) is 20.2 Å². The second-order valence-corrected chi connectivity index (χ2v) is 4.55. The molecule has 0 spiro atoms. The summed E-state index contributed by atoms with van der Waals surface area (Å²) in [5, 5.41) is 10.5. The van der Waals surface area contributed by atoms with E-state index in [-0.39, 0.29) is 6.10 Å². The van der Waals surface area contributed by atoms with Gasteiger partial charge in [0.15, 0.2) is 0 Å². The van der Waals surface area contributed by atoms with Crippen LogP contribution in [0.15, 0.2) is 18.2 Å². The second-order valence-electron chi connectivity index (χ2n) is 4.12. The van der Waals surface area contributed by atoms with E-state index in [0.717, 1.165) is 17.9 Å². The van der Waals surface area contributed by atoms with Crippen LogP contribution in [0, 0.1) is 0 Å². The molecule has 2 aliphatic rings. The molecule has 3 unspecified atom stereocenters. The van der Waals surface area contributed by atoms with Crippen molar-refractivity contribution in [1.82, 2.24) is 0 Å². The number of halogens is 1. The third kappa shape index (κ3) is 0.976. The van der Waals surface area contributed by atoms with Crippen LogP contribution < -0.4 is 0 Å². The lowest BCUT2D eigenvalue weighted by Crippen LogP contribution is -2.14. The maximum atomic E-state index is 9.70. The molecule has 2 bridgehead atoms. The first-order valence-electron chi connectivity index (χ1n) is 4.73. The summed E-state index contributed by atoms with van der Waals surface area (Å²) >= 11 is 5.93. The van der Waals surface area contributed by atoms with Gasteiger partial charge < -0.3 is 5.11 Å². The number of benzene rings is 1. The van der Waals surface area contributed by atoms with Gasteiger partial charge in [0.25, 0.3) is 0 Å². The molecule has 3 atom stereocenters. The predicted octanol–water partition coefficient (Wildman–Crippen LogP) is 2.68. The van der Waals surface area contributed by atoms with Crippen LogP contribution in [-0.4, -0.2) is 11.2 Å². The summed E-state index contributed by atoms with van der Waals surface area (Å²) in [6, 6.07) is 6.06. The zero-order chi connectivity index (χ0) is 9.00. The highest BCUT2D eigenvalue weighted by Gasteiger charge is 2.42. The molecule has 1 aromatic rings. The average molecular weight is 195 g/mol. The molecule has 1 nitrogen and oxygen atoms in total. The third-order valence-corrected chi connectivity index (χ3v) is 3.65. The molecule has 0 aromatic heterocycles. The minimum Gasteiger partial charge on any atom is -0.392 e. The molecule has 0 saturated heterocycles. The van der Waals surface area contributed by atoms with Crippen molar-refractivity contribution in [2.24, 2.45) is 0 Å². The molecular formula is C11H11ClO. The van der Waals surface area contributed by atoms with Crippen LogP contribution >= 0.6 is 11.6 Å². The summed E-state index contributed by atoms with van der Waals surface area (Å²) in [5.74, 6) is 0.950. The number of aliphatic hydroxyl groups excluding tert-OH is 1. The highest BCUT2D eigenvalue weighted by atomic mass is 35.5. The minimum absolute atomic E-state index is 0.112. The standard InChI is InChI=1S/C11H11ClO/c12-7-1-2-8-9(5-7)6-3-10(8)11(13)4-6/h1-2,5-6,10-11,13H,3-4H2. The van der Waals surface area contributed by atoms with E-state index in [9.17, 15) is 5.11 Å². The van der Waals surface area contributed by atoms with Crippen molar-refractivity contribution < 1.29 is 5.11 Å². The molecule has 0 amide bonds. The van der Waals surface area contributed by atoms with Crippen LogP contribution in [0.5, 0.6) is 0 Å². The van der Waals surface area contributed by atoms with E-state index in [0.29, 0.717) is 11.8 Å². The van der Waals surface area contributed by atoms with E-state index in [2.05, 4.69) is 12.1 Å². The van der Waals surface area contributed by atoms with Gasteiger partial charge in [-0.2, -0.15) is 0 Å². The molecule has 68 valence electrons. The Labute approximate surface area is 82.3 Å². The van der Waals surface area contributed by atoms with Crippen LogP contribution in [0.2, 0.25) is 5.02 Å². The van der Waals surface area contributed by atoms with E-state index >= 15 is 0 Å². The van der Waals surface area contributed by atoms with Gasteiger partial charge in [0.2, 0.25) is 0 Å². The Morgan fingerprint density at radius 3 is 2.92 bits per heavy atom. The Balaban J connectivity index is 2.16. The lowest BCUT2D eigenvalue weighted by Gasteiger charge is -2.19. The number of fused-ring (bicyclic) bond motifs is 5. The second kappa shape index (κ2) is 2.49. The van der Waals surface area contributed by atoms with Crippen molar-refractivity contribution in [3.63, 3.8) is 0 Å². The zero-order valence-electron chi connectivity index (χ0n) is 7.20. The molecule has 1 fully saturated rings. The van der Waals surface area contributed by atoms with Crippen LogP contribution in [0.25, 0.3) is 0 Å². The van der Waals surface area contributed by atoms with Gasteiger partial charge in [0.1, 0.15) is 0 Å². The van der Waals surface area contributed by atoms with E-state index in [1.165, 1.54) is 11.1 Å². The third-order valence-electron chi connectivity index (χ3n) is 3.42. The number of aliphatic hydroxyl groups is 1. The Kier molecular flexibility index (Phi) is 1.50. The quantitative estimate of drug-likeness (QED) is 0.674. The first-order chi connectivity index (χ1) is 6.25. The number of hydrogen-bond acceptors (Lipinski definition) is 1. The van der Waals surface area contributed by atoms with E-state index in [1.807, 2.05) is 6.07 Å². The van der Waals surface area contributed by atoms with Gasteiger partial charge >= 0.3 is 0 Å². The molecule has 1 N–H and O–H groups in total. The van der Waals surface area contributed by atoms with Crippen LogP contribution in [0.1, 0.15) is 35.8 Å². The summed E-state index contributed by atoms with van der Waals surface area (Å²) in [6.07, 6.45) is 1.94. The van der Waals surface area contributed by atoms with Crippen LogP contribution in [-0.2, 0) is 0 Å². The summed E-state index contributed by atoms with van der Waals surface area (Å²) in [6.45, 7) is 0. The molecule has 2 aliphatic carbocycles. The monoisotopic (exact) mass is 194 g/mol. The predicted molar refractivity (Wildman–Crippen MR) is 52.2 cm³/mol. The molecular weight excluding hydrogens is 184 g/mol. The van der Waals surface area contributed by atoms with E-state index < -0.39 is 0 Å². The molecule has 0 radical (unpaired) electrons. The van der Waals surface area contributed by atoms with Crippen molar-refractivity contribution in [1.29, 1.82) is 0 Å². The lowest BCUT2D eigenvalue weighted by atomic mass is 9.90. The van der Waals surface area contributed by atoms with Gasteiger partial charge in [0, 0.05) is 10.9 Å². The van der Waals surface area contributed by atoms with Gasteiger partial charge in [-0.05, 0) is 42.0 Å². The average Bonchev–Trinajstić information content (AvgIpc) is 2.61. The molecule has 13 heavy (non-hydrogen) atoms. The summed E-state index contributed by atoms with van der Waals surface area (Å²) < 4.78 is 0. The molecule has 0 aliphatic heterocycles. The Morgan fingerprint density at radius 1 is 1.23 bits per heavy atom. The zero-order valence-corrected chi connectivity index (χ0v) is 7.96. The summed E-state index contributed by atoms with van der Waals surface area (Å²) in [5.41, 5.74) is 2.70. The maximum absolute atomic E-state index is 9.70. The number of hydrogen-bond donors (Lipinski definition) is 1. The van der Waals surface area contributed by atoms with Crippen molar-refractivity contribution in [2.45, 2.75) is 30.8 Å². The number of rotatable bonds is 0. The van der Waals surface area contributed by atoms with Crippen molar-refractivity contribution in [3.05, 3.63) is 34.3 Å². The van der Waals surface area contributed by atoms with Gasteiger partial charge in [-0.3, -0.25) is 0 Å². The van der Waals surface area contributed by atoms with Crippen molar-refractivity contribution in [3.8, 4) is 0 Å². The molecule has 2 heteroatoms. The Hall–Kier alpha value is -0.530. The fourth-order valence-corrected chi connectivity index (χ4v) is 3.02. The van der Waals surface area contributed by atoms with E-state index in [1.54, 1.807) is 0 Å². The maximum Gasteiger partial charge on any atom is 0.0614 e. The SMILES string of the molecule is OC1CC2CC1c1ccc(Cl)cc12. The molecule has 0 heterocycles. The molecule has 1 saturated carbocycles. The highest BCUT2D eigenvalue weighted by molar-refractivity contribution is 6.30. The minimum atomic E-state index is -0.112. The first kappa shape index (κ1) is 7.84. The van der Waals surface area contributed by atoms with Gasteiger partial charge in [-0.1, -0.05) is 17.7 Å². The van der Waals surface area contributed by atoms with Gasteiger partial charge in [0.05, 0.1) is 6.10 Å². The molecule has 1 aromatic carbocycles. The van der Waals surface area contributed by atoms with Gasteiger partial charge in [-0.15, -0.1) is 0 Å². The first-order valence-corrected chi connectivity index (χ1v) is 5.11. The smallest absolute Gasteiger partial charge is 0.0614 e. The van der Waals surface area contributed by atoms with Crippen LogP contribution in [0.3, 0.4) is 0 Å². The largest absolute Gasteiger partial charge is 0.392 e. The highest BCUT2D eigenvalue weighted by Crippen LogP contribution is 2.53. The fourth-order valence-electron chi connectivity index (χ4n) is 2.84. The Morgan fingerprint density at radius 2 is 2.08 bits per heavy atom. The van der Waals surface area contributed by atoms with Gasteiger partial charge in [-0.25, -0.2) is 0 Å². The van der Waals surface area contributed by atoms with Crippen molar-refractivity contribution in [2.75, 3.05) is 0 Å². The van der Waals surface area contributed by atoms with E-state index in [4.69, 9.17) is 11.6 Å². The van der Waals surface area contributed by atoms with Crippen LogP contribution in [0.4, 0.5) is 0 Å². The molecule has 3 rings (SSSR count). The fraction of sp³-hybridized carbons (Fsp3) is 0.455. The normalized spacial score (nSPS) is 35.1. The Bertz CT molecular complexity index is 361. The summed E-state index contributed by atoms with van der Waals surface area (Å²) in [4.78, 5) is 0. The van der Waals surface area contributed by atoms with Crippen molar-refractivity contribution >= 4 is 11.6 Å².